The van der Waals surface area contributed by atoms with Crippen molar-refractivity contribution in [3.05, 3.63) is 48.6 Å². The van der Waals surface area contributed by atoms with Gasteiger partial charge in [-0.1, -0.05) is 256 Å². The van der Waals surface area contributed by atoms with Crippen LogP contribution in [0.3, 0.4) is 0 Å². The smallest absolute Gasteiger partial charge is 0.462 e. The first kappa shape index (κ1) is 89.0. The number of unbranched alkanes of at least 4 members (excludes halogenated alkanes) is 36. The van der Waals surface area contributed by atoms with Gasteiger partial charge in [0, 0.05) is 25.7 Å². The molecule has 92 heavy (non-hydrogen) atoms. The maximum absolute atomic E-state index is 13.0. The Balaban J connectivity index is 5.31. The number of allylic oxidation sites excluding steroid dienone is 8. The third kappa shape index (κ3) is 65.7. The first-order valence-electron chi connectivity index (χ1n) is 36.9. The number of phosphoric acid groups is 2. The number of hydrogen-bond acceptors (Lipinski definition) is 15. The zero-order chi connectivity index (χ0) is 67.5. The standard InChI is InChI=1S/C73H134O17P2/c1-5-9-13-17-21-25-29-31-33-35-39-42-46-50-54-58-71(76)84-64-69(90-73(78)60-56-52-48-44-40-36-34-32-30-26-22-18-14-10-6-2)66-88-92(81,82)86-62-67(74)61-85-91(79,80)87-65-68(89-72(77)59-55-51-47-43-38-28-24-20-16-12-8-4)63-83-70(75)57-53-49-45-41-37-27-23-19-15-11-7-3/h19,21,23,25,31-34,67-69,74H,5-18,20,22,24,26-30,35-66H2,1-4H3,(H,79,80)(H,81,82)/b23-19-,25-21-,33-31-,34-32-. The maximum Gasteiger partial charge on any atom is 0.472 e. The molecular weight excluding hydrogens is 1210 g/mol. The van der Waals surface area contributed by atoms with E-state index in [2.05, 4.69) is 76.3 Å². The molecule has 538 valence electrons. The number of carbonyl (C=O) groups is 4. The summed E-state index contributed by atoms with van der Waals surface area (Å²) in [5, 5.41) is 10.6. The third-order valence-corrected chi connectivity index (χ3v) is 17.7. The number of aliphatic hydroxyl groups is 1. The molecule has 0 saturated heterocycles. The predicted octanol–water partition coefficient (Wildman–Crippen LogP) is 20.6. The van der Waals surface area contributed by atoms with Crippen molar-refractivity contribution in [2.75, 3.05) is 39.6 Å². The summed E-state index contributed by atoms with van der Waals surface area (Å²) in [6, 6.07) is 0. The minimum Gasteiger partial charge on any atom is -0.462 e. The topological polar surface area (TPSA) is 237 Å². The average molecular weight is 1350 g/mol. The van der Waals surface area contributed by atoms with Crippen molar-refractivity contribution in [2.45, 2.75) is 354 Å². The molecule has 17 nitrogen and oxygen atoms in total. The maximum atomic E-state index is 13.0. The van der Waals surface area contributed by atoms with Gasteiger partial charge in [-0.3, -0.25) is 37.3 Å². The molecule has 0 rings (SSSR count). The van der Waals surface area contributed by atoms with Gasteiger partial charge in [-0.2, -0.15) is 0 Å². The molecule has 0 aliphatic heterocycles. The highest BCUT2D eigenvalue weighted by Crippen LogP contribution is 2.45. The molecular formula is C73H134O17P2. The molecule has 0 aromatic carbocycles. The van der Waals surface area contributed by atoms with Crippen molar-refractivity contribution in [3.63, 3.8) is 0 Å². The van der Waals surface area contributed by atoms with Crippen molar-refractivity contribution >= 4 is 39.5 Å². The molecule has 0 amide bonds. The Morgan fingerprint density at radius 2 is 0.543 bits per heavy atom. The van der Waals surface area contributed by atoms with E-state index in [1.165, 1.54) is 109 Å². The zero-order valence-electron chi connectivity index (χ0n) is 58.5. The van der Waals surface area contributed by atoms with E-state index in [1.54, 1.807) is 0 Å². The summed E-state index contributed by atoms with van der Waals surface area (Å²) in [6.07, 6.45) is 61.1. The number of ether oxygens (including phenoxy) is 4. The Kier molecular flexibility index (Phi) is 64.5. The monoisotopic (exact) mass is 1340 g/mol. The summed E-state index contributed by atoms with van der Waals surface area (Å²) in [4.78, 5) is 72.6. The number of phosphoric ester groups is 2. The number of hydrogen-bond donors (Lipinski definition) is 3. The van der Waals surface area contributed by atoms with E-state index < -0.39 is 97.5 Å². The second kappa shape index (κ2) is 66.6. The molecule has 0 aliphatic rings. The van der Waals surface area contributed by atoms with Gasteiger partial charge in [0.15, 0.2) is 12.2 Å². The van der Waals surface area contributed by atoms with E-state index in [9.17, 15) is 43.2 Å². The van der Waals surface area contributed by atoms with Gasteiger partial charge in [-0.05, 0) is 103 Å². The molecule has 0 fully saturated rings. The number of esters is 4. The Hall–Kier alpha value is -2.98. The van der Waals surface area contributed by atoms with Gasteiger partial charge in [0.1, 0.15) is 19.3 Å². The molecule has 5 atom stereocenters. The third-order valence-electron chi connectivity index (χ3n) is 15.8. The fraction of sp³-hybridized carbons (Fsp3) is 0.836. The molecule has 0 bridgehead atoms. The van der Waals surface area contributed by atoms with Crippen LogP contribution in [0.2, 0.25) is 0 Å². The van der Waals surface area contributed by atoms with Crippen molar-refractivity contribution in [1.82, 2.24) is 0 Å². The van der Waals surface area contributed by atoms with Crippen molar-refractivity contribution < 1.29 is 80.2 Å². The lowest BCUT2D eigenvalue weighted by molar-refractivity contribution is -0.161. The molecule has 0 aromatic heterocycles. The molecule has 0 radical (unpaired) electrons. The highest BCUT2D eigenvalue weighted by Gasteiger charge is 2.30. The molecule has 0 aliphatic carbocycles. The van der Waals surface area contributed by atoms with Crippen LogP contribution in [0.25, 0.3) is 0 Å². The van der Waals surface area contributed by atoms with Crippen molar-refractivity contribution in [1.29, 1.82) is 0 Å². The summed E-state index contributed by atoms with van der Waals surface area (Å²) < 4.78 is 68.3. The van der Waals surface area contributed by atoms with Gasteiger partial charge in [-0.25, -0.2) is 9.13 Å². The van der Waals surface area contributed by atoms with Crippen LogP contribution in [0.15, 0.2) is 48.6 Å². The van der Waals surface area contributed by atoms with E-state index in [0.717, 1.165) is 148 Å². The molecule has 19 heteroatoms. The molecule has 0 aromatic rings. The highest BCUT2D eigenvalue weighted by molar-refractivity contribution is 7.47. The first-order valence-corrected chi connectivity index (χ1v) is 39.9. The summed E-state index contributed by atoms with van der Waals surface area (Å²) in [7, 11) is -9.93. The van der Waals surface area contributed by atoms with Gasteiger partial charge in [0.25, 0.3) is 0 Å². The summed E-state index contributed by atoms with van der Waals surface area (Å²) >= 11 is 0. The SMILES string of the molecule is CCCC/C=C\CCCCCCCC(=O)OCC(COP(=O)(O)OCC(O)COP(=O)(O)OCC(COC(=O)CCCCCCC/C=C\C/C=C\CCCCC)OC(=O)CCCCCCC/C=C\CCCCCCCC)OC(=O)CCCCCCCCCCCCC. The van der Waals surface area contributed by atoms with Crippen LogP contribution in [0.5, 0.6) is 0 Å². The van der Waals surface area contributed by atoms with Gasteiger partial charge in [-0.15, -0.1) is 0 Å². The molecule has 3 N–H and O–H groups in total. The fourth-order valence-corrected chi connectivity index (χ4v) is 11.6. The van der Waals surface area contributed by atoms with Gasteiger partial charge < -0.3 is 33.8 Å². The zero-order valence-corrected chi connectivity index (χ0v) is 60.3. The van der Waals surface area contributed by atoms with E-state index >= 15 is 0 Å². The molecule has 5 unspecified atom stereocenters. The molecule has 0 saturated carbocycles. The van der Waals surface area contributed by atoms with Crippen LogP contribution in [-0.2, 0) is 65.4 Å². The van der Waals surface area contributed by atoms with Crippen LogP contribution < -0.4 is 0 Å². The predicted molar refractivity (Wildman–Crippen MR) is 372 cm³/mol. The molecule has 0 spiro atoms. The largest absolute Gasteiger partial charge is 0.472 e. The van der Waals surface area contributed by atoms with Crippen LogP contribution in [0.4, 0.5) is 0 Å². The second-order valence-electron chi connectivity index (χ2n) is 24.9. The van der Waals surface area contributed by atoms with E-state index in [1.807, 2.05) is 0 Å². The quantitative estimate of drug-likeness (QED) is 0.0169. The van der Waals surface area contributed by atoms with E-state index in [0.29, 0.717) is 25.7 Å². The lowest BCUT2D eigenvalue weighted by Gasteiger charge is -2.21. The Labute approximate surface area is 559 Å². The lowest BCUT2D eigenvalue weighted by atomic mass is 10.1. The summed E-state index contributed by atoms with van der Waals surface area (Å²) in [5.74, 6) is -2.18. The molecule has 0 heterocycles. The Morgan fingerprint density at radius 1 is 0.304 bits per heavy atom. The number of rotatable bonds is 70. The van der Waals surface area contributed by atoms with Gasteiger partial charge in [0.2, 0.25) is 0 Å². The van der Waals surface area contributed by atoms with E-state index in [4.69, 9.17) is 37.0 Å². The fourth-order valence-electron chi connectivity index (χ4n) is 10.0. The summed E-state index contributed by atoms with van der Waals surface area (Å²) in [5.41, 5.74) is 0. The van der Waals surface area contributed by atoms with Crippen molar-refractivity contribution in [3.8, 4) is 0 Å². The van der Waals surface area contributed by atoms with Crippen LogP contribution in [0.1, 0.15) is 336 Å². The van der Waals surface area contributed by atoms with Crippen molar-refractivity contribution in [2.24, 2.45) is 0 Å². The minimum absolute atomic E-state index is 0.0867. The van der Waals surface area contributed by atoms with Crippen LogP contribution in [0, 0.1) is 0 Å². The Bertz CT molecular complexity index is 1940. The Morgan fingerprint density at radius 3 is 0.870 bits per heavy atom. The number of carbonyl (C=O) groups excluding carboxylic acids is 4. The van der Waals surface area contributed by atoms with Crippen LogP contribution >= 0.6 is 15.6 Å². The normalized spacial score (nSPS) is 14.3. The average Bonchev–Trinajstić information content (AvgIpc) is 2.39. The lowest BCUT2D eigenvalue weighted by Crippen LogP contribution is -2.30. The van der Waals surface area contributed by atoms with Gasteiger partial charge in [0.05, 0.1) is 26.4 Å². The highest BCUT2D eigenvalue weighted by atomic mass is 31.2. The van der Waals surface area contributed by atoms with Crippen LogP contribution in [-0.4, -0.2) is 96.7 Å². The minimum atomic E-state index is -4.97. The second-order valence-corrected chi connectivity index (χ2v) is 27.8. The first-order chi connectivity index (χ1) is 44.7. The van der Waals surface area contributed by atoms with Gasteiger partial charge >= 0.3 is 39.5 Å². The number of aliphatic hydroxyl groups excluding tert-OH is 1. The van der Waals surface area contributed by atoms with E-state index in [-0.39, 0.29) is 25.7 Å². The summed E-state index contributed by atoms with van der Waals surface area (Å²) in [6.45, 7) is 4.80.